The molecule has 9 heteroatoms. The van der Waals surface area contributed by atoms with Crippen molar-refractivity contribution in [2.45, 2.75) is 6.18 Å². The van der Waals surface area contributed by atoms with E-state index in [4.69, 9.17) is 4.74 Å². The molecule has 6 nitrogen and oxygen atoms in total. The molecule has 0 aliphatic heterocycles. The van der Waals surface area contributed by atoms with Crippen molar-refractivity contribution in [2.24, 2.45) is 0 Å². The Morgan fingerprint density at radius 2 is 1.75 bits per heavy atom. The summed E-state index contributed by atoms with van der Waals surface area (Å²) in [5.74, 6) is -0.961. The van der Waals surface area contributed by atoms with Gasteiger partial charge in [-0.3, -0.25) is 14.4 Å². The summed E-state index contributed by atoms with van der Waals surface area (Å²) in [6, 6.07) is 10.6. The zero-order valence-corrected chi connectivity index (χ0v) is 14.8. The van der Waals surface area contributed by atoms with E-state index in [2.05, 4.69) is 5.32 Å². The minimum Gasteiger partial charge on any atom is -0.484 e. The Balaban J connectivity index is 1.89. The highest BCUT2D eigenvalue weighted by atomic mass is 19.4. The number of alkyl halides is 3. The molecule has 0 heterocycles. The maximum atomic E-state index is 12.9. The first kappa shape index (κ1) is 20.9. The molecule has 2 rings (SSSR count). The minimum atomic E-state index is -4.61. The standard InChI is InChI=1S/C19H17F3N2O4/c1-24(18(27)12-28-14-8-6-13(11-25)7-9-14)10-17(26)23-16-5-3-2-4-15(16)19(20,21)22/h2-9,11H,10,12H2,1H3,(H,23,26). The number of amides is 2. The van der Waals surface area contributed by atoms with E-state index < -0.39 is 30.1 Å². The Kier molecular flexibility index (Phi) is 6.75. The van der Waals surface area contributed by atoms with Crippen molar-refractivity contribution >= 4 is 23.8 Å². The van der Waals surface area contributed by atoms with Crippen molar-refractivity contribution in [3.05, 3.63) is 59.7 Å². The Morgan fingerprint density at radius 1 is 1.11 bits per heavy atom. The predicted molar refractivity (Wildman–Crippen MR) is 95.0 cm³/mol. The van der Waals surface area contributed by atoms with Crippen molar-refractivity contribution in [1.82, 2.24) is 4.90 Å². The van der Waals surface area contributed by atoms with Crippen LogP contribution >= 0.6 is 0 Å². The largest absolute Gasteiger partial charge is 0.484 e. The molecule has 0 aliphatic carbocycles. The van der Waals surface area contributed by atoms with Crippen LogP contribution in [0.1, 0.15) is 15.9 Å². The summed E-state index contributed by atoms with van der Waals surface area (Å²) in [6.45, 7) is -0.818. The molecule has 1 N–H and O–H groups in total. The summed E-state index contributed by atoms with van der Waals surface area (Å²) in [5, 5.41) is 2.16. The van der Waals surface area contributed by atoms with Gasteiger partial charge < -0.3 is 15.0 Å². The monoisotopic (exact) mass is 394 g/mol. The lowest BCUT2D eigenvalue weighted by molar-refractivity contribution is -0.137. The van der Waals surface area contributed by atoms with Gasteiger partial charge in [0.1, 0.15) is 12.0 Å². The van der Waals surface area contributed by atoms with E-state index in [9.17, 15) is 27.6 Å². The fourth-order valence-corrected chi connectivity index (χ4v) is 2.23. The van der Waals surface area contributed by atoms with Crippen LogP contribution in [0.5, 0.6) is 5.75 Å². The molecule has 0 radical (unpaired) electrons. The number of aldehydes is 1. The molecule has 2 amide bonds. The van der Waals surface area contributed by atoms with Gasteiger partial charge in [0.2, 0.25) is 5.91 Å². The highest BCUT2D eigenvalue weighted by Crippen LogP contribution is 2.34. The van der Waals surface area contributed by atoms with Crippen molar-refractivity contribution in [3.63, 3.8) is 0 Å². The van der Waals surface area contributed by atoms with E-state index in [-0.39, 0.29) is 12.3 Å². The smallest absolute Gasteiger partial charge is 0.418 e. The average Bonchev–Trinajstić information content (AvgIpc) is 2.65. The number of ether oxygens (including phenoxy) is 1. The van der Waals surface area contributed by atoms with Gasteiger partial charge in [-0.2, -0.15) is 13.2 Å². The third kappa shape index (κ3) is 5.83. The maximum absolute atomic E-state index is 12.9. The van der Waals surface area contributed by atoms with Gasteiger partial charge in [-0.1, -0.05) is 12.1 Å². The Hall–Kier alpha value is -3.36. The highest BCUT2D eigenvalue weighted by molar-refractivity contribution is 5.95. The normalized spacial score (nSPS) is 10.9. The number of benzene rings is 2. The number of halogens is 3. The SMILES string of the molecule is CN(CC(=O)Nc1ccccc1C(F)(F)F)C(=O)COc1ccc(C=O)cc1. The van der Waals surface area contributed by atoms with Crippen molar-refractivity contribution in [2.75, 3.05) is 25.5 Å². The lowest BCUT2D eigenvalue weighted by atomic mass is 10.1. The van der Waals surface area contributed by atoms with Crippen LogP contribution in [0.2, 0.25) is 0 Å². The number of nitrogens with one attached hydrogen (secondary N) is 1. The lowest BCUT2D eigenvalue weighted by Crippen LogP contribution is -2.37. The molecule has 0 saturated carbocycles. The lowest BCUT2D eigenvalue weighted by Gasteiger charge is -2.18. The molecule has 2 aromatic carbocycles. The maximum Gasteiger partial charge on any atom is 0.418 e. The molecule has 28 heavy (non-hydrogen) atoms. The summed E-state index contributed by atoms with van der Waals surface area (Å²) < 4.78 is 44.1. The number of carbonyl (C=O) groups is 3. The number of anilines is 1. The summed E-state index contributed by atoms with van der Waals surface area (Å²) >= 11 is 0. The number of hydrogen-bond acceptors (Lipinski definition) is 4. The Labute approximate surface area is 158 Å². The van der Waals surface area contributed by atoms with Crippen LogP contribution in [-0.2, 0) is 15.8 Å². The van der Waals surface area contributed by atoms with Crippen LogP contribution in [0.3, 0.4) is 0 Å². The van der Waals surface area contributed by atoms with Crippen LogP contribution < -0.4 is 10.1 Å². The second kappa shape index (κ2) is 9.03. The fourth-order valence-electron chi connectivity index (χ4n) is 2.23. The number of likely N-dealkylation sites (N-methyl/N-ethyl adjacent to an activating group) is 1. The number of para-hydroxylation sites is 1. The van der Waals surface area contributed by atoms with Crippen LogP contribution in [-0.4, -0.2) is 43.2 Å². The average molecular weight is 394 g/mol. The van der Waals surface area contributed by atoms with Gasteiger partial charge >= 0.3 is 6.18 Å². The first-order valence-electron chi connectivity index (χ1n) is 8.09. The molecule has 0 aromatic heterocycles. The van der Waals surface area contributed by atoms with Crippen molar-refractivity contribution in [1.29, 1.82) is 0 Å². The van der Waals surface area contributed by atoms with Gasteiger partial charge in [-0.15, -0.1) is 0 Å². The molecule has 0 spiro atoms. The van der Waals surface area contributed by atoms with E-state index in [1.165, 1.54) is 43.4 Å². The summed E-state index contributed by atoms with van der Waals surface area (Å²) in [5.41, 5.74) is -0.904. The molecule has 0 atom stereocenters. The first-order valence-corrected chi connectivity index (χ1v) is 8.09. The topological polar surface area (TPSA) is 75.7 Å². The van der Waals surface area contributed by atoms with Gasteiger partial charge in [-0.25, -0.2) is 0 Å². The van der Waals surface area contributed by atoms with Crippen LogP contribution in [0.25, 0.3) is 0 Å². The van der Waals surface area contributed by atoms with Gasteiger partial charge in [0.15, 0.2) is 6.61 Å². The van der Waals surface area contributed by atoms with Crippen molar-refractivity contribution < 1.29 is 32.3 Å². The molecule has 0 fully saturated rings. The number of rotatable bonds is 7. The van der Waals surface area contributed by atoms with Gasteiger partial charge in [0.25, 0.3) is 5.91 Å². The Bertz CT molecular complexity index is 851. The Morgan fingerprint density at radius 3 is 2.36 bits per heavy atom. The van der Waals surface area contributed by atoms with Gasteiger partial charge in [0, 0.05) is 12.6 Å². The second-order valence-corrected chi connectivity index (χ2v) is 5.82. The third-order valence-corrected chi connectivity index (χ3v) is 3.69. The van der Waals surface area contributed by atoms with E-state index in [1.54, 1.807) is 0 Å². The predicted octanol–water partition coefficient (Wildman–Crippen LogP) is 2.99. The molecule has 2 aromatic rings. The van der Waals surface area contributed by atoms with E-state index in [0.717, 1.165) is 17.0 Å². The summed E-state index contributed by atoms with van der Waals surface area (Å²) in [6.07, 6.45) is -3.95. The molecule has 0 unspecified atom stereocenters. The zero-order chi connectivity index (χ0) is 20.7. The quantitative estimate of drug-likeness (QED) is 0.733. The van der Waals surface area contributed by atoms with Gasteiger partial charge in [-0.05, 0) is 36.4 Å². The molecule has 0 saturated heterocycles. The van der Waals surface area contributed by atoms with Crippen molar-refractivity contribution in [3.8, 4) is 5.75 Å². The van der Waals surface area contributed by atoms with Gasteiger partial charge in [0.05, 0.1) is 17.8 Å². The molecule has 0 bridgehead atoms. The third-order valence-electron chi connectivity index (χ3n) is 3.69. The summed E-state index contributed by atoms with van der Waals surface area (Å²) in [7, 11) is 1.33. The molecule has 0 aliphatic rings. The van der Waals surface area contributed by atoms with Crippen LogP contribution in [0.15, 0.2) is 48.5 Å². The zero-order valence-electron chi connectivity index (χ0n) is 14.8. The van der Waals surface area contributed by atoms with Crippen LogP contribution in [0.4, 0.5) is 18.9 Å². The highest BCUT2D eigenvalue weighted by Gasteiger charge is 2.33. The number of nitrogens with zero attached hydrogens (tertiary/aromatic N) is 1. The minimum absolute atomic E-state index is 0.357. The van der Waals surface area contributed by atoms with Crippen LogP contribution in [0, 0.1) is 0 Å². The fraction of sp³-hybridized carbons (Fsp3) is 0.211. The first-order chi connectivity index (χ1) is 13.2. The number of hydrogen-bond donors (Lipinski definition) is 1. The number of carbonyl (C=O) groups excluding carboxylic acids is 3. The molecule has 148 valence electrons. The van der Waals surface area contributed by atoms with E-state index in [1.807, 2.05) is 0 Å². The van der Waals surface area contributed by atoms with E-state index in [0.29, 0.717) is 17.6 Å². The molecular weight excluding hydrogens is 377 g/mol. The second-order valence-electron chi connectivity index (χ2n) is 5.82. The van der Waals surface area contributed by atoms with E-state index >= 15 is 0 Å². The molecular formula is C19H17F3N2O4. The summed E-state index contributed by atoms with van der Waals surface area (Å²) in [4.78, 5) is 35.7.